The van der Waals surface area contributed by atoms with Crippen molar-refractivity contribution in [3.8, 4) is 0 Å². The molecule has 0 aromatic heterocycles. The van der Waals surface area contributed by atoms with Crippen LogP contribution < -0.4 is 4.90 Å². The highest BCUT2D eigenvalue weighted by Crippen LogP contribution is 2.28. The molecule has 4 nitrogen and oxygen atoms in total. The number of carbonyl (C=O) groups is 2. The van der Waals surface area contributed by atoms with Gasteiger partial charge in [0.05, 0.1) is 5.56 Å². The number of fused-ring (bicyclic) bond motifs is 1. The van der Waals surface area contributed by atoms with E-state index in [0.717, 1.165) is 21.2 Å². The summed E-state index contributed by atoms with van der Waals surface area (Å²) in [5, 5.41) is 0. The fourth-order valence-corrected chi connectivity index (χ4v) is 3.22. The van der Waals surface area contributed by atoms with E-state index in [4.69, 9.17) is 4.74 Å². The predicted octanol–water partition coefficient (Wildman–Crippen LogP) is 3.43. The third kappa shape index (κ3) is 3.39. The minimum Gasteiger partial charge on any atom is -0.449 e. The van der Waals surface area contributed by atoms with E-state index in [1.54, 1.807) is 30.0 Å². The molecule has 0 aliphatic carbocycles. The molecule has 2 aromatic rings. The van der Waals surface area contributed by atoms with Crippen molar-refractivity contribution < 1.29 is 14.3 Å². The van der Waals surface area contributed by atoms with E-state index in [-0.39, 0.29) is 5.91 Å². The maximum absolute atomic E-state index is 12.6. The third-order valence-corrected chi connectivity index (χ3v) is 4.52. The zero-order valence-corrected chi connectivity index (χ0v) is 14.8. The maximum Gasteiger partial charge on any atom is 0.338 e. The lowest BCUT2D eigenvalue weighted by atomic mass is 10.2. The van der Waals surface area contributed by atoms with Crippen molar-refractivity contribution in [2.24, 2.45) is 0 Å². The Hall–Kier alpha value is -1.89. The molecule has 0 N–H and O–H groups in total. The molecule has 23 heavy (non-hydrogen) atoms. The van der Waals surface area contributed by atoms with Crippen LogP contribution in [0.5, 0.6) is 0 Å². The number of hydrogen-bond donors (Lipinski definition) is 0. The second-order valence-corrected chi connectivity index (χ2v) is 6.67. The Bertz CT molecular complexity index is 759. The molecule has 0 unspecified atom stereocenters. The van der Waals surface area contributed by atoms with E-state index in [1.807, 2.05) is 30.3 Å². The molecule has 1 heterocycles. The highest BCUT2D eigenvalue weighted by Gasteiger charge is 2.29. The van der Waals surface area contributed by atoms with Gasteiger partial charge in [-0.2, -0.15) is 0 Å². The van der Waals surface area contributed by atoms with Crippen LogP contribution in [0.1, 0.15) is 22.8 Å². The average molecular weight is 421 g/mol. The Morgan fingerprint density at radius 1 is 1.17 bits per heavy atom. The molecule has 0 saturated heterocycles. The fourth-order valence-electron chi connectivity index (χ4n) is 2.68. The Kier molecular flexibility index (Phi) is 4.66. The zero-order chi connectivity index (χ0) is 16.4. The summed E-state index contributed by atoms with van der Waals surface area (Å²) in [4.78, 5) is 26.5. The maximum atomic E-state index is 12.6. The predicted molar refractivity (Wildman–Crippen MR) is 96.5 cm³/mol. The summed E-state index contributed by atoms with van der Waals surface area (Å²) in [5.41, 5.74) is 2.52. The second kappa shape index (κ2) is 6.70. The summed E-state index contributed by atoms with van der Waals surface area (Å²) in [7, 11) is 0. The van der Waals surface area contributed by atoms with Gasteiger partial charge in [-0.1, -0.05) is 24.3 Å². The Balaban J connectivity index is 1.70. The lowest BCUT2D eigenvalue weighted by molar-refractivity contribution is -0.126. The standard InChI is InChI=1S/C18H16INO3/c1-12(23-18(22)14-6-4-7-15(19)11-14)17(21)20-10-9-13-5-2-3-8-16(13)20/h2-8,11-12H,9-10H2,1H3/t12-/m1/s1. The molecule has 1 atom stereocenters. The molecule has 1 amide bonds. The molecule has 0 radical (unpaired) electrons. The van der Waals surface area contributed by atoms with Crippen molar-refractivity contribution in [3.05, 3.63) is 63.2 Å². The van der Waals surface area contributed by atoms with Gasteiger partial charge in [0.1, 0.15) is 0 Å². The first kappa shape index (κ1) is 16.0. The van der Waals surface area contributed by atoms with Crippen molar-refractivity contribution in [3.63, 3.8) is 0 Å². The summed E-state index contributed by atoms with van der Waals surface area (Å²) >= 11 is 2.13. The molecule has 0 saturated carbocycles. The number of anilines is 1. The van der Waals surface area contributed by atoms with Gasteiger partial charge in [-0.3, -0.25) is 4.79 Å². The number of rotatable bonds is 3. The number of nitrogens with zero attached hydrogens (tertiary/aromatic N) is 1. The third-order valence-electron chi connectivity index (χ3n) is 3.85. The van der Waals surface area contributed by atoms with Gasteiger partial charge < -0.3 is 9.64 Å². The van der Waals surface area contributed by atoms with Gasteiger partial charge in [0.25, 0.3) is 5.91 Å². The van der Waals surface area contributed by atoms with Crippen molar-refractivity contribution >= 4 is 40.2 Å². The first-order valence-corrected chi connectivity index (χ1v) is 8.50. The van der Waals surface area contributed by atoms with Crippen LogP contribution in [0.15, 0.2) is 48.5 Å². The van der Waals surface area contributed by atoms with E-state index in [1.165, 1.54) is 0 Å². The number of ether oxygens (including phenoxy) is 1. The average Bonchev–Trinajstić information content (AvgIpc) is 2.98. The molecule has 118 valence electrons. The lowest BCUT2D eigenvalue weighted by Gasteiger charge is -2.21. The van der Waals surface area contributed by atoms with Gasteiger partial charge in [-0.15, -0.1) is 0 Å². The second-order valence-electron chi connectivity index (χ2n) is 5.43. The number of amides is 1. The quantitative estimate of drug-likeness (QED) is 0.564. The van der Waals surface area contributed by atoms with Crippen molar-refractivity contribution in [2.45, 2.75) is 19.4 Å². The number of carbonyl (C=O) groups excluding carboxylic acids is 2. The van der Waals surface area contributed by atoms with E-state index in [2.05, 4.69) is 22.6 Å². The van der Waals surface area contributed by atoms with Gasteiger partial charge in [0.15, 0.2) is 6.10 Å². The smallest absolute Gasteiger partial charge is 0.338 e. The van der Waals surface area contributed by atoms with Crippen molar-refractivity contribution in [1.29, 1.82) is 0 Å². The highest BCUT2D eigenvalue weighted by molar-refractivity contribution is 14.1. The van der Waals surface area contributed by atoms with Gasteiger partial charge in [0.2, 0.25) is 0 Å². The SMILES string of the molecule is C[C@@H](OC(=O)c1cccc(I)c1)C(=O)N1CCc2ccccc21. The Morgan fingerprint density at radius 3 is 2.74 bits per heavy atom. The van der Waals surface area contributed by atoms with Crippen LogP contribution in [0.3, 0.4) is 0 Å². The molecule has 2 aromatic carbocycles. The van der Waals surface area contributed by atoms with Crippen LogP contribution in [0, 0.1) is 3.57 Å². The van der Waals surface area contributed by atoms with Crippen LogP contribution in [-0.2, 0) is 16.0 Å². The molecule has 0 fully saturated rings. The molecular formula is C18H16INO3. The molecular weight excluding hydrogens is 405 g/mol. The van der Waals surface area contributed by atoms with Crippen molar-refractivity contribution in [2.75, 3.05) is 11.4 Å². The summed E-state index contributed by atoms with van der Waals surface area (Å²) < 4.78 is 6.30. The van der Waals surface area contributed by atoms with E-state index in [0.29, 0.717) is 12.1 Å². The van der Waals surface area contributed by atoms with Gasteiger partial charge >= 0.3 is 5.97 Å². The Morgan fingerprint density at radius 2 is 1.96 bits per heavy atom. The van der Waals surface area contributed by atoms with E-state index in [9.17, 15) is 9.59 Å². The Labute approximate surface area is 148 Å². The summed E-state index contributed by atoms with van der Waals surface area (Å²) in [6.07, 6.45) is 0.0194. The molecule has 0 spiro atoms. The minimum atomic E-state index is -0.813. The molecule has 1 aliphatic rings. The van der Waals surface area contributed by atoms with Gasteiger partial charge in [-0.25, -0.2) is 4.79 Å². The summed E-state index contributed by atoms with van der Waals surface area (Å²) in [5.74, 6) is -0.661. The lowest BCUT2D eigenvalue weighted by Crippen LogP contribution is -2.39. The summed E-state index contributed by atoms with van der Waals surface area (Å²) in [6.45, 7) is 2.25. The molecule has 0 bridgehead atoms. The van der Waals surface area contributed by atoms with Crippen LogP contribution >= 0.6 is 22.6 Å². The van der Waals surface area contributed by atoms with Crippen LogP contribution in [0.2, 0.25) is 0 Å². The summed E-state index contributed by atoms with van der Waals surface area (Å²) in [6, 6.07) is 14.9. The number of benzene rings is 2. The normalized spacial score (nSPS) is 14.3. The van der Waals surface area contributed by atoms with Gasteiger partial charge in [0, 0.05) is 15.8 Å². The number of hydrogen-bond acceptors (Lipinski definition) is 3. The first-order valence-electron chi connectivity index (χ1n) is 7.42. The van der Waals surface area contributed by atoms with E-state index >= 15 is 0 Å². The number of halogens is 1. The zero-order valence-electron chi connectivity index (χ0n) is 12.7. The van der Waals surface area contributed by atoms with Crippen molar-refractivity contribution in [1.82, 2.24) is 0 Å². The van der Waals surface area contributed by atoms with Crippen LogP contribution in [-0.4, -0.2) is 24.5 Å². The topological polar surface area (TPSA) is 46.6 Å². The fraction of sp³-hybridized carbons (Fsp3) is 0.222. The highest BCUT2D eigenvalue weighted by atomic mass is 127. The largest absolute Gasteiger partial charge is 0.449 e. The monoisotopic (exact) mass is 421 g/mol. The van der Waals surface area contributed by atoms with Gasteiger partial charge in [-0.05, 0) is 65.8 Å². The minimum absolute atomic E-state index is 0.186. The van der Waals surface area contributed by atoms with Crippen LogP contribution in [0.4, 0.5) is 5.69 Å². The molecule has 1 aliphatic heterocycles. The molecule has 3 rings (SSSR count). The first-order chi connectivity index (χ1) is 11.1. The number of para-hydroxylation sites is 1. The number of esters is 1. The van der Waals surface area contributed by atoms with E-state index < -0.39 is 12.1 Å². The molecule has 5 heteroatoms. The van der Waals surface area contributed by atoms with Crippen LogP contribution in [0.25, 0.3) is 0 Å².